The number of unbranched alkanes of at least 4 members (excludes halogenated alkanes) is 1. The highest BCUT2D eigenvalue weighted by Gasteiger charge is 2.17. The van der Waals surface area contributed by atoms with Crippen molar-refractivity contribution in [3.05, 3.63) is 42.5 Å². The van der Waals surface area contributed by atoms with E-state index in [4.69, 9.17) is 5.26 Å². The normalized spacial score (nSPS) is 10.8. The summed E-state index contributed by atoms with van der Waals surface area (Å²) in [7, 11) is 8.25. The quantitative estimate of drug-likeness (QED) is 0.405. The molecule has 1 heterocycles. The molecule has 0 aliphatic carbocycles. The summed E-state index contributed by atoms with van der Waals surface area (Å²) in [5, 5.41) is 11.4. The number of pyridine rings is 1. The van der Waals surface area contributed by atoms with Gasteiger partial charge < -0.3 is 9.80 Å². The standard InChI is InChI=1S/C21H25N4/c1-23(2)18-9-7-16-13-17-8-10-19(24(3)4)15-21(17)25(20(16)14-18)12-6-5-11-22/h7-10,13-15H,5-6,12H2,1-4H3/q+1. The van der Waals surface area contributed by atoms with Crippen LogP contribution in [0.1, 0.15) is 12.8 Å². The molecule has 0 saturated heterocycles. The number of fused-ring (bicyclic) bond motifs is 2. The molecule has 0 radical (unpaired) electrons. The smallest absolute Gasteiger partial charge is 0.215 e. The first-order valence-electron chi connectivity index (χ1n) is 8.63. The van der Waals surface area contributed by atoms with Crippen molar-refractivity contribution in [3.63, 3.8) is 0 Å². The Morgan fingerprint density at radius 3 is 1.80 bits per heavy atom. The van der Waals surface area contributed by atoms with Gasteiger partial charge in [0, 0.05) is 75.3 Å². The van der Waals surface area contributed by atoms with Gasteiger partial charge in [0.05, 0.1) is 6.07 Å². The van der Waals surface area contributed by atoms with Crippen molar-refractivity contribution in [3.8, 4) is 6.07 Å². The van der Waals surface area contributed by atoms with Crippen LogP contribution in [-0.4, -0.2) is 28.2 Å². The largest absolute Gasteiger partial charge is 0.377 e. The van der Waals surface area contributed by atoms with E-state index in [1.807, 2.05) is 0 Å². The van der Waals surface area contributed by atoms with Gasteiger partial charge in [0.25, 0.3) is 0 Å². The van der Waals surface area contributed by atoms with Crippen molar-refractivity contribution in [2.24, 2.45) is 0 Å². The van der Waals surface area contributed by atoms with Gasteiger partial charge in [-0.1, -0.05) is 0 Å². The molecule has 0 unspecified atom stereocenters. The van der Waals surface area contributed by atoms with Crippen LogP contribution in [0.15, 0.2) is 42.5 Å². The molecule has 0 N–H and O–H groups in total. The Morgan fingerprint density at radius 1 is 0.840 bits per heavy atom. The molecule has 25 heavy (non-hydrogen) atoms. The number of anilines is 2. The molecule has 0 bridgehead atoms. The fraction of sp³-hybridized carbons (Fsp3) is 0.333. The summed E-state index contributed by atoms with van der Waals surface area (Å²) >= 11 is 0. The molecule has 4 nitrogen and oxygen atoms in total. The van der Waals surface area contributed by atoms with Crippen molar-refractivity contribution in [2.75, 3.05) is 38.0 Å². The summed E-state index contributed by atoms with van der Waals surface area (Å²) in [6.07, 6.45) is 1.43. The highest BCUT2D eigenvalue weighted by Crippen LogP contribution is 2.25. The number of hydrogen-bond donors (Lipinski definition) is 0. The van der Waals surface area contributed by atoms with E-state index in [-0.39, 0.29) is 0 Å². The Labute approximate surface area is 149 Å². The van der Waals surface area contributed by atoms with Crippen molar-refractivity contribution in [2.45, 2.75) is 19.4 Å². The lowest BCUT2D eigenvalue weighted by molar-refractivity contribution is -0.645. The molecule has 0 atom stereocenters. The van der Waals surface area contributed by atoms with E-state index in [0.29, 0.717) is 6.42 Å². The SMILES string of the molecule is CN(C)c1ccc2cc3ccc(N(C)C)cc3[n+](CCCC#N)c2c1. The molecular formula is C21H25N4+. The number of rotatable bonds is 5. The van der Waals surface area contributed by atoms with Gasteiger partial charge in [-0.2, -0.15) is 9.83 Å². The minimum atomic E-state index is 0.575. The van der Waals surface area contributed by atoms with Gasteiger partial charge in [0.2, 0.25) is 11.0 Å². The molecule has 0 fully saturated rings. The van der Waals surface area contributed by atoms with Crippen molar-refractivity contribution in [1.82, 2.24) is 0 Å². The molecule has 0 aliphatic heterocycles. The van der Waals surface area contributed by atoms with E-state index < -0.39 is 0 Å². The first-order valence-corrected chi connectivity index (χ1v) is 8.63. The molecule has 0 spiro atoms. The van der Waals surface area contributed by atoms with Crippen molar-refractivity contribution < 1.29 is 4.57 Å². The number of nitriles is 1. The first kappa shape index (κ1) is 17.0. The molecule has 0 saturated carbocycles. The average Bonchev–Trinajstić information content (AvgIpc) is 2.60. The van der Waals surface area contributed by atoms with Gasteiger partial charge in [-0.25, -0.2) is 0 Å². The zero-order chi connectivity index (χ0) is 18.0. The molecule has 1 aromatic heterocycles. The minimum absolute atomic E-state index is 0.575. The van der Waals surface area contributed by atoms with Gasteiger partial charge in [0.1, 0.15) is 0 Å². The Bertz CT molecular complexity index is 885. The predicted molar refractivity (Wildman–Crippen MR) is 105 cm³/mol. The van der Waals surface area contributed by atoms with E-state index in [1.165, 1.54) is 33.2 Å². The Morgan fingerprint density at radius 2 is 1.36 bits per heavy atom. The van der Waals surface area contributed by atoms with Crippen LogP contribution in [0.3, 0.4) is 0 Å². The number of nitrogens with zero attached hydrogens (tertiary/aromatic N) is 4. The second-order valence-corrected chi connectivity index (χ2v) is 6.83. The van der Waals surface area contributed by atoms with Crippen molar-refractivity contribution in [1.29, 1.82) is 5.26 Å². The summed E-state index contributed by atoms with van der Waals surface area (Å²) in [6.45, 7) is 0.842. The lowest BCUT2D eigenvalue weighted by Gasteiger charge is -2.15. The second-order valence-electron chi connectivity index (χ2n) is 6.83. The molecule has 3 aromatic rings. The third-order valence-corrected chi connectivity index (χ3v) is 4.62. The molecule has 4 heteroatoms. The maximum absolute atomic E-state index is 8.93. The van der Waals surface area contributed by atoms with Crippen molar-refractivity contribution >= 4 is 33.2 Å². The Balaban J connectivity index is 2.28. The summed E-state index contributed by atoms with van der Waals surface area (Å²) in [6, 6.07) is 17.7. The lowest BCUT2D eigenvalue weighted by atomic mass is 10.1. The van der Waals surface area contributed by atoms with Gasteiger partial charge in [-0.3, -0.25) is 0 Å². The van der Waals surface area contributed by atoms with Crippen LogP contribution in [0.5, 0.6) is 0 Å². The third kappa shape index (κ3) is 3.36. The number of aryl methyl sites for hydroxylation is 1. The summed E-state index contributed by atoms with van der Waals surface area (Å²) in [4.78, 5) is 4.25. The fourth-order valence-corrected chi connectivity index (χ4v) is 3.19. The average molecular weight is 333 g/mol. The van der Waals surface area contributed by atoms with Crippen LogP contribution >= 0.6 is 0 Å². The van der Waals surface area contributed by atoms with Crippen LogP contribution < -0.4 is 14.4 Å². The van der Waals surface area contributed by atoms with E-state index in [2.05, 4.69) is 91.1 Å². The van der Waals surface area contributed by atoms with Gasteiger partial charge in [0.15, 0.2) is 6.54 Å². The molecule has 2 aromatic carbocycles. The maximum Gasteiger partial charge on any atom is 0.215 e. The lowest BCUT2D eigenvalue weighted by Crippen LogP contribution is -2.36. The van der Waals surface area contributed by atoms with Crippen LogP contribution in [-0.2, 0) is 6.54 Å². The Kier molecular flexibility index (Phi) is 4.76. The predicted octanol–water partition coefficient (Wildman–Crippen LogP) is 3.72. The molecule has 3 rings (SSSR count). The van der Waals surface area contributed by atoms with Crippen LogP contribution in [0.2, 0.25) is 0 Å². The first-order chi connectivity index (χ1) is 12.0. The minimum Gasteiger partial charge on any atom is -0.377 e. The summed E-state index contributed by atoms with van der Waals surface area (Å²) in [5.41, 5.74) is 4.80. The highest BCUT2D eigenvalue weighted by molar-refractivity contribution is 5.91. The number of benzene rings is 2. The van der Waals surface area contributed by atoms with Gasteiger partial charge in [-0.15, -0.1) is 0 Å². The zero-order valence-corrected chi connectivity index (χ0v) is 15.5. The summed E-state index contributed by atoms with van der Waals surface area (Å²) < 4.78 is 2.36. The molecule has 0 amide bonds. The molecule has 0 aliphatic rings. The summed E-state index contributed by atoms with van der Waals surface area (Å²) in [5.74, 6) is 0. The third-order valence-electron chi connectivity index (χ3n) is 4.62. The number of hydrogen-bond acceptors (Lipinski definition) is 3. The Hall–Kier alpha value is -2.80. The number of aromatic nitrogens is 1. The van der Waals surface area contributed by atoms with Crippen LogP contribution in [0.25, 0.3) is 21.8 Å². The monoisotopic (exact) mass is 333 g/mol. The van der Waals surface area contributed by atoms with E-state index in [1.54, 1.807) is 0 Å². The molecular weight excluding hydrogens is 308 g/mol. The highest BCUT2D eigenvalue weighted by atomic mass is 15.1. The van der Waals surface area contributed by atoms with E-state index >= 15 is 0 Å². The maximum atomic E-state index is 8.93. The van der Waals surface area contributed by atoms with Gasteiger partial charge >= 0.3 is 0 Å². The van der Waals surface area contributed by atoms with Crippen LogP contribution in [0.4, 0.5) is 11.4 Å². The fourth-order valence-electron chi connectivity index (χ4n) is 3.19. The second kappa shape index (κ2) is 6.98. The zero-order valence-electron chi connectivity index (χ0n) is 15.5. The van der Waals surface area contributed by atoms with Gasteiger partial charge in [-0.05, 0) is 30.3 Å². The van der Waals surface area contributed by atoms with Crippen LogP contribution in [0, 0.1) is 11.3 Å². The van der Waals surface area contributed by atoms with E-state index in [9.17, 15) is 0 Å². The molecule has 128 valence electrons. The van der Waals surface area contributed by atoms with E-state index in [0.717, 1.165) is 13.0 Å². The topological polar surface area (TPSA) is 34.1 Å².